The summed E-state index contributed by atoms with van der Waals surface area (Å²) in [7, 11) is 0. The summed E-state index contributed by atoms with van der Waals surface area (Å²) in [6, 6.07) is 7.15. The zero-order valence-electron chi connectivity index (χ0n) is 21.3. The number of nitrogens with one attached hydrogen (secondary N) is 1. The average Bonchev–Trinajstić information content (AvgIpc) is 2.80. The molecule has 1 nitrogen and oxygen atoms in total. The van der Waals surface area contributed by atoms with E-state index in [4.69, 9.17) is 0 Å². The number of hydrogen-bond donors (Lipinski definition) is 1. The fourth-order valence-electron chi connectivity index (χ4n) is 6.98. The van der Waals surface area contributed by atoms with E-state index in [-0.39, 0.29) is 0 Å². The van der Waals surface area contributed by atoms with Crippen molar-refractivity contribution in [2.45, 2.75) is 130 Å². The molecular formula is C30H51N. The maximum absolute atomic E-state index is 3.60. The molecule has 0 spiro atoms. The summed E-state index contributed by atoms with van der Waals surface area (Å²) < 4.78 is 0. The molecule has 0 radical (unpaired) electrons. The van der Waals surface area contributed by atoms with Crippen LogP contribution in [-0.4, -0.2) is 6.54 Å². The molecular weight excluding hydrogens is 374 g/mol. The Morgan fingerprint density at radius 1 is 0.935 bits per heavy atom. The van der Waals surface area contributed by atoms with E-state index in [1.54, 1.807) is 5.56 Å². The van der Waals surface area contributed by atoms with Crippen LogP contribution < -0.4 is 5.32 Å². The minimum absolute atomic E-state index is 0.688. The van der Waals surface area contributed by atoms with Crippen molar-refractivity contribution in [3.05, 3.63) is 29.3 Å². The number of benzene rings is 1. The molecule has 0 aromatic heterocycles. The molecule has 0 amide bonds. The van der Waals surface area contributed by atoms with Crippen LogP contribution in [0.25, 0.3) is 0 Å². The van der Waals surface area contributed by atoms with E-state index in [9.17, 15) is 0 Å². The number of unbranched alkanes of at least 4 members (excludes halogenated alkanes) is 3. The number of hydrogen-bond acceptors (Lipinski definition) is 1. The molecule has 0 heterocycles. The van der Waals surface area contributed by atoms with Crippen molar-refractivity contribution < 1.29 is 0 Å². The van der Waals surface area contributed by atoms with Crippen molar-refractivity contribution in [3.63, 3.8) is 0 Å². The van der Waals surface area contributed by atoms with Gasteiger partial charge in [0.1, 0.15) is 0 Å². The van der Waals surface area contributed by atoms with Gasteiger partial charge in [0, 0.05) is 12.2 Å². The Bertz CT molecular complexity index is 634. The first-order chi connectivity index (χ1) is 15.1. The molecule has 0 bridgehead atoms. The normalized spacial score (nSPS) is 26.0. The highest BCUT2D eigenvalue weighted by molar-refractivity contribution is 5.49. The fraction of sp³-hybridized carbons (Fsp3) is 0.800. The van der Waals surface area contributed by atoms with Gasteiger partial charge in [-0.15, -0.1) is 0 Å². The Balaban J connectivity index is 1.62. The van der Waals surface area contributed by atoms with Crippen molar-refractivity contribution in [3.8, 4) is 0 Å². The Labute approximate surface area is 194 Å². The van der Waals surface area contributed by atoms with E-state index in [0.717, 1.165) is 18.4 Å². The van der Waals surface area contributed by atoms with Crippen LogP contribution in [0.4, 0.5) is 5.69 Å². The van der Waals surface area contributed by atoms with Gasteiger partial charge in [0.15, 0.2) is 0 Å². The third-order valence-corrected chi connectivity index (χ3v) is 9.10. The second kappa shape index (κ2) is 12.3. The molecule has 176 valence electrons. The van der Waals surface area contributed by atoms with Crippen LogP contribution in [0.15, 0.2) is 18.2 Å². The van der Waals surface area contributed by atoms with Crippen LogP contribution >= 0.6 is 0 Å². The summed E-state index contributed by atoms with van der Waals surface area (Å²) in [6.07, 6.45) is 21.8. The highest BCUT2D eigenvalue weighted by atomic mass is 14.9. The molecule has 1 aromatic rings. The number of anilines is 1. The number of aryl methyl sites for hydroxylation is 1. The molecule has 1 heteroatoms. The van der Waals surface area contributed by atoms with Crippen LogP contribution in [-0.2, 0) is 0 Å². The molecule has 1 aromatic carbocycles. The van der Waals surface area contributed by atoms with E-state index in [1.807, 2.05) is 0 Å². The molecule has 0 aliphatic heterocycles. The summed E-state index contributed by atoms with van der Waals surface area (Å²) in [6.45, 7) is 10.6. The zero-order valence-corrected chi connectivity index (χ0v) is 21.3. The lowest BCUT2D eigenvalue weighted by Gasteiger charge is -2.48. The van der Waals surface area contributed by atoms with Gasteiger partial charge in [-0.2, -0.15) is 0 Å². The molecule has 2 aliphatic carbocycles. The molecule has 0 saturated heterocycles. The van der Waals surface area contributed by atoms with Gasteiger partial charge >= 0.3 is 0 Å². The highest BCUT2D eigenvalue weighted by Gasteiger charge is 2.42. The second-order valence-electron chi connectivity index (χ2n) is 11.1. The van der Waals surface area contributed by atoms with Gasteiger partial charge in [0.2, 0.25) is 0 Å². The Hall–Kier alpha value is -0.980. The van der Waals surface area contributed by atoms with Crippen molar-refractivity contribution in [1.29, 1.82) is 0 Å². The van der Waals surface area contributed by atoms with E-state index in [2.05, 4.69) is 51.2 Å². The lowest BCUT2D eigenvalue weighted by Crippen LogP contribution is -2.37. The Morgan fingerprint density at radius 2 is 1.65 bits per heavy atom. The van der Waals surface area contributed by atoms with Gasteiger partial charge in [-0.05, 0) is 105 Å². The molecule has 2 fully saturated rings. The van der Waals surface area contributed by atoms with Crippen molar-refractivity contribution in [2.24, 2.45) is 17.3 Å². The monoisotopic (exact) mass is 425 g/mol. The summed E-state index contributed by atoms with van der Waals surface area (Å²) in [4.78, 5) is 0. The smallest absolute Gasteiger partial charge is 0.0343 e. The summed E-state index contributed by atoms with van der Waals surface area (Å²) in [5, 5.41) is 3.60. The maximum Gasteiger partial charge on any atom is 0.0343 e. The first-order valence-corrected chi connectivity index (χ1v) is 13.9. The topological polar surface area (TPSA) is 12.0 Å². The predicted octanol–water partition coefficient (Wildman–Crippen LogP) is 9.65. The lowest BCUT2D eigenvalue weighted by atomic mass is 9.57. The Morgan fingerprint density at radius 3 is 2.29 bits per heavy atom. The Kier molecular flexibility index (Phi) is 9.79. The minimum Gasteiger partial charge on any atom is -0.385 e. The third kappa shape index (κ3) is 6.52. The third-order valence-electron chi connectivity index (χ3n) is 9.10. The minimum atomic E-state index is 0.688. The summed E-state index contributed by atoms with van der Waals surface area (Å²) >= 11 is 0. The van der Waals surface area contributed by atoms with Crippen molar-refractivity contribution in [2.75, 3.05) is 11.9 Å². The SMILES string of the molecule is CCCCCC1(C2CCCCC2)CCC(C(C)c2ccc(NCCCC)cc2C)CC1. The molecule has 2 aliphatic rings. The summed E-state index contributed by atoms with van der Waals surface area (Å²) in [5.41, 5.74) is 5.08. The molecule has 1 N–H and O–H groups in total. The van der Waals surface area contributed by atoms with Gasteiger partial charge in [0.05, 0.1) is 0 Å². The summed E-state index contributed by atoms with van der Waals surface area (Å²) in [5.74, 6) is 2.61. The van der Waals surface area contributed by atoms with Crippen LogP contribution in [0.1, 0.15) is 134 Å². The molecule has 2 saturated carbocycles. The fourth-order valence-corrected chi connectivity index (χ4v) is 6.98. The van der Waals surface area contributed by atoms with E-state index in [1.165, 1.54) is 108 Å². The van der Waals surface area contributed by atoms with Crippen molar-refractivity contribution in [1.82, 2.24) is 0 Å². The standard InChI is InChI=1S/C30H51N/c1-5-7-12-19-30(27-13-10-9-11-14-27)20-17-26(18-21-30)25(4)29-16-15-28(23-24(29)3)31-22-8-6-2/h15-16,23,25-27,31H,5-14,17-22H2,1-4H3. The maximum atomic E-state index is 3.60. The molecule has 1 atom stereocenters. The van der Waals surface area contributed by atoms with Crippen LogP contribution in [0.2, 0.25) is 0 Å². The van der Waals surface area contributed by atoms with Gasteiger partial charge < -0.3 is 5.32 Å². The van der Waals surface area contributed by atoms with E-state index < -0.39 is 0 Å². The first-order valence-electron chi connectivity index (χ1n) is 13.9. The zero-order chi connectivity index (χ0) is 22.1. The second-order valence-corrected chi connectivity index (χ2v) is 11.1. The largest absolute Gasteiger partial charge is 0.385 e. The van der Waals surface area contributed by atoms with Crippen LogP contribution in [0, 0.1) is 24.2 Å². The number of rotatable bonds is 11. The van der Waals surface area contributed by atoms with Crippen LogP contribution in [0.5, 0.6) is 0 Å². The van der Waals surface area contributed by atoms with E-state index >= 15 is 0 Å². The van der Waals surface area contributed by atoms with Gasteiger partial charge in [-0.1, -0.05) is 71.8 Å². The molecule has 1 unspecified atom stereocenters. The quantitative estimate of drug-likeness (QED) is 0.348. The van der Waals surface area contributed by atoms with Crippen molar-refractivity contribution >= 4 is 5.69 Å². The molecule has 3 rings (SSSR count). The highest BCUT2D eigenvalue weighted by Crippen LogP contribution is 2.54. The van der Waals surface area contributed by atoms with Crippen LogP contribution in [0.3, 0.4) is 0 Å². The van der Waals surface area contributed by atoms with Gasteiger partial charge in [0.25, 0.3) is 0 Å². The van der Waals surface area contributed by atoms with E-state index in [0.29, 0.717) is 11.3 Å². The van der Waals surface area contributed by atoms with Gasteiger partial charge in [-0.3, -0.25) is 0 Å². The average molecular weight is 426 g/mol. The molecule has 31 heavy (non-hydrogen) atoms. The first kappa shape index (κ1) is 24.7. The van der Waals surface area contributed by atoms with Gasteiger partial charge in [-0.25, -0.2) is 0 Å². The lowest BCUT2D eigenvalue weighted by molar-refractivity contribution is 0.0330. The predicted molar refractivity (Wildman–Crippen MR) is 138 cm³/mol.